The predicted octanol–water partition coefficient (Wildman–Crippen LogP) is 3.55. The lowest BCUT2D eigenvalue weighted by Crippen LogP contribution is -2.49. The van der Waals surface area contributed by atoms with E-state index in [0.29, 0.717) is 25.0 Å². The van der Waals surface area contributed by atoms with Crippen molar-refractivity contribution in [3.8, 4) is 0 Å². The van der Waals surface area contributed by atoms with Crippen LogP contribution in [0, 0.1) is 5.92 Å². The van der Waals surface area contributed by atoms with Crippen molar-refractivity contribution < 1.29 is 9.63 Å². The summed E-state index contributed by atoms with van der Waals surface area (Å²) in [5.41, 5.74) is 1.19. The van der Waals surface area contributed by atoms with E-state index in [2.05, 4.69) is 39.5 Å². The third-order valence-corrected chi connectivity index (χ3v) is 5.38. The molecule has 124 valence electrons. The molecule has 2 heterocycles. The van der Waals surface area contributed by atoms with Crippen molar-refractivity contribution >= 4 is 21.8 Å². The summed E-state index contributed by atoms with van der Waals surface area (Å²) < 4.78 is 1.05. The largest absolute Gasteiger partial charge is 0.335 e. The highest BCUT2D eigenvalue weighted by Crippen LogP contribution is 2.39. The summed E-state index contributed by atoms with van der Waals surface area (Å²) in [6.45, 7) is 5.20. The summed E-state index contributed by atoms with van der Waals surface area (Å²) in [4.78, 5) is 20.4. The molecular weight excluding hydrogens is 356 g/mol. The molecule has 0 unspecified atom stereocenters. The monoisotopic (exact) mass is 378 g/mol. The van der Waals surface area contributed by atoms with Crippen LogP contribution in [0.4, 0.5) is 0 Å². The van der Waals surface area contributed by atoms with Crippen molar-refractivity contribution in [3.05, 3.63) is 47.0 Å². The van der Waals surface area contributed by atoms with E-state index in [1.165, 1.54) is 5.56 Å². The number of carbonyl (C=O) groups excluding carboxylic acids is 1. The fraction of sp³-hybridized carbons (Fsp3) is 0.500. The molecule has 0 aromatic heterocycles. The first-order valence-electron chi connectivity index (χ1n) is 8.11. The number of hydrogen-bond acceptors (Lipinski definition) is 3. The van der Waals surface area contributed by atoms with Crippen molar-refractivity contribution in [2.75, 3.05) is 20.2 Å². The van der Waals surface area contributed by atoms with E-state index in [1.54, 1.807) is 0 Å². The van der Waals surface area contributed by atoms with Crippen LogP contribution in [0.5, 0.6) is 0 Å². The van der Waals surface area contributed by atoms with Gasteiger partial charge >= 0.3 is 0 Å². The summed E-state index contributed by atoms with van der Waals surface area (Å²) in [5, 5.41) is 1.97. The van der Waals surface area contributed by atoms with Gasteiger partial charge in [-0.15, -0.1) is 6.58 Å². The third-order valence-electron chi connectivity index (χ3n) is 4.89. The fourth-order valence-electron chi connectivity index (χ4n) is 3.64. The molecule has 3 atom stereocenters. The number of rotatable bonds is 4. The van der Waals surface area contributed by atoms with Gasteiger partial charge in [0.1, 0.15) is 0 Å². The van der Waals surface area contributed by atoms with Gasteiger partial charge in [-0.25, -0.2) is 0 Å². The highest BCUT2D eigenvalue weighted by molar-refractivity contribution is 9.10. The van der Waals surface area contributed by atoms with Crippen LogP contribution in [-0.4, -0.2) is 42.1 Å². The number of nitrogens with zero attached hydrogens (tertiary/aromatic N) is 2. The van der Waals surface area contributed by atoms with E-state index < -0.39 is 0 Å². The minimum Gasteiger partial charge on any atom is -0.335 e. The van der Waals surface area contributed by atoms with Gasteiger partial charge in [0.25, 0.3) is 0 Å². The Bertz CT molecular complexity index is 592. The average Bonchev–Trinajstić information content (AvgIpc) is 2.92. The van der Waals surface area contributed by atoms with Gasteiger partial charge in [-0.2, -0.15) is 5.06 Å². The molecule has 2 saturated heterocycles. The normalized spacial score (nSPS) is 27.7. The van der Waals surface area contributed by atoms with Gasteiger partial charge in [0.2, 0.25) is 5.91 Å². The molecule has 1 amide bonds. The Morgan fingerprint density at radius 2 is 2.35 bits per heavy atom. The lowest BCUT2D eigenvalue weighted by atomic mass is 9.85. The Morgan fingerprint density at radius 3 is 3.09 bits per heavy atom. The van der Waals surface area contributed by atoms with Crippen molar-refractivity contribution in [3.63, 3.8) is 0 Å². The van der Waals surface area contributed by atoms with Gasteiger partial charge < -0.3 is 4.90 Å². The Hall–Kier alpha value is -1.17. The lowest BCUT2D eigenvalue weighted by Gasteiger charge is -2.42. The second-order valence-electron chi connectivity index (χ2n) is 6.35. The van der Waals surface area contributed by atoms with Crippen LogP contribution in [0.15, 0.2) is 41.4 Å². The zero-order valence-corrected chi connectivity index (χ0v) is 15.0. The topological polar surface area (TPSA) is 32.8 Å². The lowest BCUT2D eigenvalue weighted by molar-refractivity contribution is -0.139. The maximum atomic E-state index is 12.7. The van der Waals surface area contributed by atoms with E-state index >= 15 is 0 Å². The first-order chi connectivity index (χ1) is 11.1. The molecule has 0 spiro atoms. The van der Waals surface area contributed by atoms with Crippen molar-refractivity contribution in [1.29, 1.82) is 0 Å². The minimum atomic E-state index is 0.107. The first-order valence-corrected chi connectivity index (χ1v) is 8.91. The number of hydroxylamine groups is 2. The van der Waals surface area contributed by atoms with E-state index in [-0.39, 0.29) is 11.9 Å². The molecule has 2 aliphatic heterocycles. The molecule has 2 aliphatic rings. The number of benzene rings is 1. The number of piperidine rings is 1. The third kappa shape index (κ3) is 3.52. The van der Waals surface area contributed by atoms with Gasteiger partial charge in [0.15, 0.2) is 0 Å². The average molecular weight is 379 g/mol. The van der Waals surface area contributed by atoms with Gasteiger partial charge in [-0.3, -0.25) is 9.63 Å². The molecule has 0 N–H and O–H groups in total. The van der Waals surface area contributed by atoms with Crippen molar-refractivity contribution in [2.45, 2.75) is 31.3 Å². The molecule has 4 nitrogen and oxygen atoms in total. The standard InChI is InChI=1S/C18H23BrN2O2/c1-3-4-8-18(22)21-11-14-12-23-20(2)16(14)10-17(21)13-6-5-7-15(19)9-13/h3,5-7,9,14,16-17H,1,4,8,10-12H2,2H3/t14-,16-,17-/m0/s1. The number of halogens is 1. The molecule has 0 saturated carbocycles. The number of carbonyl (C=O) groups is 1. The number of fused-ring (bicyclic) bond motifs is 1. The summed E-state index contributed by atoms with van der Waals surface area (Å²) in [5.74, 6) is 0.610. The molecule has 1 aromatic carbocycles. The van der Waals surface area contributed by atoms with Crippen molar-refractivity contribution in [1.82, 2.24) is 9.96 Å². The maximum Gasteiger partial charge on any atom is 0.223 e. The zero-order valence-electron chi connectivity index (χ0n) is 13.5. The Morgan fingerprint density at radius 1 is 1.52 bits per heavy atom. The maximum absolute atomic E-state index is 12.7. The fourth-order valence-corrected chi connectivity index (χ4v) is 4.06. The Kier molecular flexibility index (Phi) is 5.19. The number of likely N-dealkylation sites (tertiary alicyclic amines) is 1. The number of amides is 1. The Labute approximate surface area is 146 Å². The summed E-state index contributed by atoms with van der Waals surface area (Å²) in [6, 6.07) is 8.77. The molecule has 3 rings (SSSR count). The second-order valence-corrected chi connectivity index (χ2v) is 7.27. The zero-order chi connectivity index (χ0) is 16.4. The molecule has 0 bridgehead atoms. The molecule has 5 heteroatoms. The van der Waals surface area contributed by atoms with Gasteiger partial charge in [0, 0.05) is 36.4 Å². The van der Waals surface area contributed by atoms with Crippen LogP contribution in [0.2, 0.25) is 0 Å². The van der Waals surface area contributed by atoms with E-state index in [0.717, 1.165) is 23.9 Å². The molecule has 0 radical (unpaired) electrons. The van der Waals surface area contributed by atoms with Crippen LogP contribution < -0.4 is 0 Å². The van der Waals surface area contributed by atoms with Crippen LogP contribution in [0.1, 0.15) is 30.9 Å². The molecule has 2 fully saturated rings. The molecule has 23 heavy (non-hydrogen) atoms. The molecular formula is C18H23BrN2O2. The Balaban J connectivity index is 1.87. The highest BCUT2D eigenvalue weighted by Gasteiger charge is 2.43. The van der Waals surface area contributed by atoms with Gasteiger partial charge in [0.05, 0.1) is 12.6 Å². The van der Waals surface area contributed by atoms with Crippen LogP contribution in [-0.2, 0) is 9.63 Å². The quantitative estimate of drug-likeness (QED) is 0.751. The number of hydrogen-bond donors (Lipinski definition) is 0. The smallest absolute Gasteiger partial charge is 0.223 e. The van der Waals surface area contributed by atoms with E-state index in [1.807, 2.05) is 30.3 Å². The van der Waals surface area contributed by atoms with E-state index in [4.69, 9.17) is 4.84 Å². The highest BCUT2D eigenvalue weighted by atomic mass is 79.9. The SMILES string of the molecule is C=CCCC(=O)N1C[C@H]2CON(C)[C@H]2C[C@H]1c1cccc(Br)c1. The van der Waals surface area contributed by atoms with Gasteiger partial charge in [-0.1, -0.05) is 34.1 Å². The second kappa shape index (κ2) is 7.16. The summed E-state index contributed by atoms with van der Waals surface area (Å²) in [7, 11) is 2.00. The summed E-state index contributed by atoms with van der Waals surface area (Å²) in [6.07, 6.45) is 3.98. The van der Waals surface area contributed by atoms with Crippen LogP contribution in [0.25, 0.3) is 0 Å². The summed E-state index contributed by atoms with van der Waals surface area (Å²) >= 11 is 3.54. The molecule has 0 aliphatic carbocycles. The van der Waals surface area contributed by atoms with Crippen LogP contribution >= 0.6 is 15.9 Å². The predicted molar refractivity (Wildman–Crippen MR) is 93.6 cm³/mol. The van der Waals surface area contributed by atoms with E-state index in [9.17, 15) is 4.79 Å². The first kappa shape index (κ1) is 16.7. The van der Waals surface area contributed by atoms with Gasteiger partial charge in [-0.05, 0) is 30.5 Å². The van der Waals surface area contributed by atoms with Crippen molar-refractivity contribution in [2.24, 2.45) is 5.92 Å². The number of allylic oxidation sites excluding steroid dienone is 1. The van der Waals surface area contributed by atoms with Crippen LogP contribution in [0.3, 0.4) is 0 Å². The minimum absolute atomic E-state index is 0.107. The molecule has 1 aromatic rings.